The minimum Gasteiger partial charge on any atom is -0.462 e. The number of nitrogens with one attached hydrogen (secondary N) is 1. The summed E-state index contributed by atoms with van der Waals surface area (Å²) in [7, 11) is 0. The standard InChI is InChI=1S/C19H22N2O3.ClH/c1-2-24-19(23)16-10-8-14(9-11-16)13-21-18(22)12-17(20)15-6-4-3-5-7-15;/h3-11,17H,2,12-13,20H2,1H3,(H,21,22);1H. The number of amides is 1. The van der Waals surface area contributed by atoms with Crippen LogP contribution in [0.25, 0.3) is 0 Å². The van der Waals surface area contributed by atoms with E-state index in [1.165, 1.54) is 0 Å². The molecule has 0 aliphatic heterocycles. The molecule has 0 bridgehead atoms. The van der Waals surface area contributed by atoms with Crippen molar-refractivity contribution < 1.29 is 14.3 Å². The van der Waals surface area contributed by atoms with Crippen LogP contribution in [0.15, 0.2) is 54.6 Å². The Kier molecular flexibility index (Phi) is 8.67. The molecule has 2 aromatic rings. The highest BCUT2D eigenvalue weighted by Gasteiger charge is 2.11. The van der Waals surface area contributed by atoms with Gasteiger partial charge >= 0.3 is 5.97 Å². The first-order chi connectivity index (χ1) is 11.6. The molecule has 0 radical (unpaired) electrons. The van der Waals surface area contributed by atoms with Crippen molar-refractivity contribution in [2.45, 2.75) is 25.9 Å². The molecule has 0 saturated heterocycles. The molecule has 3 N–H and O–H groups in total. The Bertz CT molecular complexity index is 675. The van der Waals surface area contributed by atoms with Crippen molar-refractivity contribution in [3.8, 4) is 0 Å². The largest absolute Gasteiger partial charge is 0.462 e. The van der Waals surface area contributed by atoms with Gasteiger partial charge in [-0.25, -0.2) is 4.79 Å². The van der Waals surface area contributed by atoms with E-state index in [2.05, 4.69) is 5.32 Å². The third-order valence-electron chi connectivity index (χ3n) is 3.59. The molecule has 1 unspecified atom stereocenters. The van der Waals surface area contributed by atoms with Gasteiger partial charge in [-0.05, 0) is 30.2 Å². The summed E-state index contributed by atoms with van der Waals surface area (Å²) in [5.41, 5.74) is 8.38. The van der Waals surface area contributed by atoms with E-state index >= 15 is 0 Å². The van der Waals surface area contributed by atoms with Crippen LogP contribution in [0.1, 0.15) is 40.9 Å². The fourth-order valence-corrected chi connectivity index (χ4v) is 2.26. The first kappa shape index (κ1) is 20.7. The zero-order valence-corrected chi connectivity index (χ0v) is 14.9. The van der Waals surface area contributed by atoms with Gasteiger partial charge in [0.25, 0.3) is 0 Å². The summed E-state index contributed by atoms with van der Waals surface area (Å²) in [6.07, 6.45) is 0.227. The topological polar surface area (TPSA) is 81.4 Å². The number of carbonyl (C=O) groups is 2. The van der Waals surface area contributed by atoms with Crippen LogP contribution in [0.5, 0.6) is 0 Å². The van der Waals surface area contributed by atoms with Crippen molar-refractivity contribution in [3.63, 3.8) is 0 Å². The summed E-state index contributed by atoms with van der Waals surface area (Å²) in [6.45, 7) is 2.50. The average Bonchev–Trinajstić information content (AvgIpc) is 2.61. The number of nitrogens with two attached hydrogens (primary N) is 1. The molecule has 2 aromatic carbocycles. The van der Waals surface area contributed by atoms with Gasteiger partial charge in [0.15, 0.2) is 0 Å². The van der Waals surface area contributed by atoms with Crippen molar-refractivity contribution in [2.24, 2.45) is 5.73 Å². The fourth-order valence-electron chi connectivity index (χ4n) is 2.26. The molecule has 1 amide bonds. The maximum atomic E-state index is 12.0. The molecule has 0 aliphatic rings. The van der Waals surface area contributed by atoms with Crippen LogP contribution in [0, 0.1) is 0 Å². The molecule has 0 saturated carbocycles. The second-order valence-corrected chi connectivity index (χ2v) is 5.42. The second-order valence-electron chi connectivity index (χ2n) is 5.42. The third kappa shape index (κ3) is 6.57. The Hall–Kier alpha value is -2.37. The number of hydrogen-bond donors (Lipinski definition) is 2. The molecule has 6 heteroatoms. The zero-order valence-electron chi connectivity index (χ0n) is 14.1. The van der Waals surface area contributed by atoms with E-state index in [0.29, 0.717) is 18.7 Å². The molecular formula is C19H23ClN2O3. The SMILES string of the molecule is CCOC(=O)c1ccc(CNC(=O)CC(N)c2ccccc2)cc1.Cl. The Balaban J connectivity index is 0.00000312. The van der Waals surface area contributed by atoms with Crippen molar-refractivity contribution in [3.05, 3.63) is 71.3 Å². The molecule has 5 nitrogen and oxygen atoms in total. The molecular weight excluding hydrogens is 340 g/mol. The number of carbonyl (C=O) groups excluding carboxylic acids is 2. The van der Waals surface area contributed by atoms with Gasteiger partial charge in [0, 0.05) is 19.0 Å². The van der Waals surface area contributed by atoms with Crippen LogP contribution in [-0.2, 0) is 16.1 Å². The van der Waals surface area contributed by atoms with Crippen molar-refractivity contribution in [1.29, 1.82) is 0 Å². The van der Waals surface area contributed by atoms with Gasteiger partial charge in [0.2, 0.25) is 5.91 Å². The van der Waals surface area contributed by atoms with Gasteiger partial charge in [-0.3, -0.25) is 4.79 Å². The van der Waals surface area contributed by atoms with Gasteiger partial charge in [-0.2, -0.15) is 0 Å². The Morgan fingerprint density at radius 3 is 2.32 bits per heavy atom. The third-order valence-corrected chi connectivity index (χ3v) is 3.59. The van der Waals surface area contributed by atoms with Crippen LogP contribution in [0.4, 0.5) is 0 Å². The normalized spacial score (nSPS) is 11.1. The van der Waals surface area contributed by atoms with Crippen LogP contribution in [0.2, 0.25) is 0 Å². The van der Waals surface area contributed by atoms with Crippen molar-refractivity contribution in [1.82, 2.24) is 5.32 Å². The van der Waals surface area contributed by atoms with Crippen LogP contribution in [-0.4, -0.2) is 18.5 Å². The first-order valence-corrected chi connectivity index (χ1v) is 7.93. The van der Waals surface area contributed by atoms with Crippen molar-refractivity contribution in [2.75, 3.05) is 6.61 Å². The maximum absolute atomic E-state index is 12.0. The number of esters is 1. The van der Waals surface area contributed by atoms with E-state index in [-0.39, 0.29) is 36.7 Å². The lowest BCUT2D eigenvalue weighted by Gasteiger charge is -2.12. The quantitative estimate of drug-likeness (QED) is 0.742. The lowest BCUT2D eigenvalue weighted by atomic mass is 10.0. The van der Waals surface area contributed by atoms with Gasteiger partial charge in [-0.15, -0.1) is 12.4 Å². The highest BCUT2D eigenvalue weighted by Crippen LogP contribution is 2.13. The Morgan fingerprint density at radius 2 is 1.72 bits per heavy atom. The number of benzene rings is 2. The lowest BCUT2D eigenvalue weighted by Crippen LogP contribution is -2.27. The fraction of sp³-hybridized carbons (Fsp3) is 0.263. The summed E-state index contributed by atoms with van der Waals surface area (Å²) < 4.78 is 4.93. The summed E-state index contributed by atoms with van der Waals surface area (Å²) in [4.78, 5) is 23.6. The second kappa shape index (κ2) is 10.5. The summed E-state index contributed by atoms with van der Waals surface area (Å²) in [6, 6.07) is 16.2. The number of rotatable bonds is 7. The van der Waals surface area contributed by atoms with E-state index in [9.17, 15) is 9.59 Å². The summed E-state index contributed by atoms with van der Waals surface area (Å²) in [5, 5.41) is 2.84. The van der Waals surface area contributed by atoms with E-state index in [1.54, 1.807) is 31.2 Å². The van der Waals surface area contributed by atoms with Crippen LogP contribution in [0.3, 0.4) is 0 Å². The van der Waals surface area contributed by atoms with Crippen LogP contribution >= 0.6 is 12.4 Å². The Morgan fingerprint density at radius 1 is 1.08 bits per heavy atom. The summed E-state index contributed by atoms with van der Waals surface area (Å²) >= 11 is 0. The Labute approximate surface area is 154 Å². The summed E-state index contributed by atoms with van der Waals surface area (Å²) in [5.74, 6) is -0.456. The van der Waals surface area contributed by atoms with Gasteiger partial charge in [0.1, 0.15) is 0 Å². The van der Waals surface area contributed by atoms with E-state index < -0.39 is 0 Å². The monoisotopic (exact) mass is 362 g/mol. The van der Waals surface area contributed by atoms with Crippen LogP contribution < -0.4 is 11.1 Å². The van der Waals surface area contributed by atoms with Gasteiger partial charge in [-0.1, -0.05) is 42.5 Å². The molecule has 134 valence electrons. The highest BCUT2D eigenvalue weighted by atomic mass is 35.5. The predicted molar refractivity (Wildman–Crippen MR) is 99.5 cm³/mol. The number of halogens is 1. The maximum Gasteiger partial charge on any atom is 0.338 e. The van der Waals surface area contributed by atoms with Gasteiger partial charge < -0.3 is 15.8 Å². The minimum absolute atomic E-state index is 0. The lowest BCUT2D eigenvalue weighted by molar-refractivity contribution is -0.121. The zero-order chi connectivity index (χ0) is 17.4. The van der Waals surface area contributed by atoms with E-state index in [4.69, 9.17) is 10.5 Å². The minimum atomic E-state index is -0.345. The molecule has 1 atom stereocenters. The molecule has 0 aliphatic carbocycles. The molecule has 25 heavy (non-hydrogen) atoms. The molecule has 0 spiro atoms. The average molecular weight is 363 g/mol. The van der Waals surface area contributed by atoms with Gasteiger partial charge in [0.05, 0.1) is 12.2 Å². The van der Waals surface area contributed by atoms with E-state index in [0.717, 1.165) is 11.1 Å². The number of ether oxygens (including phenoxy) is 1. The molecule has 0 heterocycles. The highest BCUT2D eigenvalue weighted by molar-refractivity contribution is 5.89. The number of hydrogen-bond acceptors (Lipinski definition) is 4. The van der Waals surface area contributed by atoms with E-state index in [1.807, 2.05) is 30.3 Å². The smallest absolute Gasteiger partial charge is 0.338 e. The molecule has 0 aromatic heterocycles. The molecule has 0 fully saturated rings. The first-order valence-electron chi connectivity index (χ1n) is 7.93. The van der Waals surface area contributed by atoms with Crippen molar-refractivity contribution >= 4 is 24.3 Å². The molecule has 2 rings (SSSR count). The predicted octanol–water partition coefficient (Wildman–Crippen LogP) is 2.99.